The van der Waals surface area contributed by atoms with Crippen molar-refractivity contribution >= 4 is 11.5 Å². The van der Waals surface area contributed by atoms with Gasteiger partial charge in [0.05, 0.1) is 23.3 Å². The fraction of sp³-hybridized carbons (Fsp3) is 0.704. The predicted molar refractivity (Wildman–Crippen MR) is 129 cm³/mol. The highest BCUT2D eigenvalue weighted by atomic mass is 19.4. The molecule has 1 N–H and O–H groups in total. The predicted octanol–water partition coefficient (Wildman–Crippen LogP) is 5.32. The molecular weight excluding hydrogens is 455 g/mol. The highest BCUT2D eigenvalue weighted by Crippen LogP contribution is 2.46. The second-order valence-corrected chi connectivity index (χ2v) is 10.7. The van der Waals surface area contributed by atoms with Gasteiger partial charge in [0.2, 0.25) is 5.91 Å². The SMILES string of the molecule is CCC1COCCC1N[C@@H]1CC[C@@](C(=O)N2CC=C(c3ccc(C(F)(F)F)cn3)CC2)(C(C)C)C1. The van der Waals surface area contributed by atoms with Crippen LogP contribution in [0.4, 0.5) is 13.2 Å². The number of hydrogen-bond donors (Lipinski definition) is 1. The van der Waals surface area contributed by atoms with Crippen LogP contribution in [0.3, 0.4) is 0 Å². The molecule has 1 aromatic rings. The smallest absolute Gasteiger partial charge is 0.381 e. The summed E-state index contributed by atoms with van der Waals surface area (Å²) in [6.07, 6.45) is 3.89. The van der Waals surface area contributed by atoms with Gasteiger partial charge in [0.15, 0.2) is 0 Å². The van der Waals surface area contributed by atoms with Crippen molar-refractivity contribution < 1.29 is 22.7 Å². The Morgan fingerprint density at radius 3 is 2.71 bits per heavy atom. The third kappa shape index (κ3) is 5.58. The Kier molecular flexibility index (Phi) is 7.91. The van der Waals surface area contributed by atoms with Crippen molar-refractivity contribution in [1.29, 1.82) is 0 Å². The van der Waals surface area contributed by atoms with E-state index in [1.807, 2.05) is 11.0 Å². The van der Waals surface area contributed by atoms with Crippen molar-refractivity contribution in [3.63, 3.8) is 0 Å². The molecule has 1 amide bonds. The molecule has 35 heavy (non-hydrogen) atoms. The Hall–Kier alpha value is -1.93. The maximum Gasteiger partial charge on any atom is 0.417 e. The van der Waals surface area contributed by atoms with Gasteiger partial charge in [0.25, 0.3) is 0 Å². The van der Waals surface area contributed by atoms with Crippen LogP contribution in [0, 0.1) is 17.3 Å². The van der Waals surface area contributed by atoms with Gasteiger partial charge in [-0.1, -0.05) is 26.8 Å². The quantitative estimate of drug-likeness (QED) is 0.583. The van der Waals surface area contributed by atoms with Crippen LogP contribution in [0.1, 0.15) is 70.6 Å². The van der Waals surface area contributed by atoms with Crippen LogP contribution in [-0.4, -0.2) is 54.2 Å². The summed E-state index contributed by atoms with van der Waals surface area (Å²) in [4.78, 5) is 19.8. The summed E-state index contributed by atoms with van der Waals surface area (Å²) in [6, 6.07) is 3.29. The third-order valence-corrected chi connectivity index (χ3v) is 8.45. The van der Waals surface area contributed by atoms with E-state index in [0.717, 1.165) is 63.2 Å². The summed E-state index contributed by atoms with van der Waals surface area (Å²) >= 11 is 0. The van der Waals surface area contributed by atoms with Crippen molar-refractivity contribution in [1.82, 2.24) is 15.2 Å². The van der Waals surface area contributed by atoms with Crippen LogP contribution < -0.4 is 5.32 Å². The number of alkyl halides is 3. The van der Waals surface area contributed by atoms with E-state index >= 15 is 0 Å². The van der Waals surface area contributed by atoms with Crippen LogP contribution in [0.2, 0.25) is 0 Å². The monoisotopic (exact) mass is 493 g/mol. The van der Waals surface area contributed by atoms with Crippen molar-refractivity contribution in [2.75, 3.05) is 26.3 Å². The number of halogens is 3. The second kappa shape index (κ2) is 10.6. The van der Waals surface area contributed by atoms with Gasteiger partial charge in [-0.2, -0.15) is 13.2 Å². The number of carbonyl (C=O) groups excluding carboxylic acids is 1. The number of ether oxygens (including phenoxy) is 1. The molecule has 3 aliphatic rings. The topological polar surface area (TPSA) is 54.5 Å². The fourth-order valence-electron chi connectivity index (χ4n) is 6.06. The summed E-state index contributed by atoms with van der Waals surface area (Å²) in [5.41, 5.74) is 0.333. The zero-order valence-electron chi connectivity index (χ0n) is 21.0. The zero-order valence-corrected chi connectivity index (χ0v) is 21.0. The molecule has 5 nitrogen and oxygen atoms in total. The van der Waals surface area contributed by atoms with E-state index in [4.69, 9.17) is 4.74 Å². The maximum absolute atomic E-state index is 13.8. The molecule has 1 aromatic heterocycles. The molecule has 4 rings (SSSR count). The number of pyridine rings is 1. The largest absolute Gasteiger partial charge is 0.417 e. The first-order chi connectivity index (χ1) is 16.6. The van der Waals surface area contributed by atoms with Crippen LogP contribution in [0.25, 0.3) is 5.57 Å². The summed E-state index contributed by atoms with van der Waals surface area (Å²) < 4.78 is 44.2. The van der Waals surface area contributed by atoms with Gasteiger partial charge in [0, 0.05) is 38.0 Å². The van der Waals surface area contributed by atoms with Gasteiger partial charge in [-0.05, 0) is 68.1 Å². The summed E-state index contributed by atoms with van der Waals surface area (Å²) in [6.45, 7) is 9.17. The number of nitrogens with zero attached hydrogens (tertiary/aromatic N) is 2. The van der Waals surface area contributed by atoms with Crippen LogP contribution in [0.15, 0.2) is 24.4 Å². The molecule has 3 heterocycles. The first-order valence-electron chi connectivity index (χ1n) is 13.0. The summed E-state index contributed by atoms with van der Waals surface area (Å²) in [5.74, 6) is 0.977. The molecule has 8 heteroatoms. The van der Waals surface area contributed by atoms with Crippen molar-refractivity contribution in [2.45, 2.75) is 77.6 Å². The first kappa shape index (κ1) is 26.1. The Morgan fingerprint density at radius 1 is 1.31 bits per heavy atom. The molecule has 2 unspecified atom stereocenters. The number of carbonyl (C=O) groups is 1. The Morgan fingerprint density at radius 2 is 2.11 bits per heavy atom. The number of amides is 1. The first-order valence-corrected chi connectivity index (χ1v) is 13.0. The minimum Gasteiger partial charge on any atom is -0.381 e. The number of nitrogens with one attached hydrogen (secondary N) is 1. The van der Waals surface area contributed by atoms with Crippen LogP contribution >= 0.6 is 0 Å². The summed E-state index contributed by atoms with van der Waals surface area (Å²) in [5, 5.41) is 3.88. The molecule has 4 atom stereocenters. The Balaban J connectivity index is 1.40. The highest BCUT2D eigenvalue weighted by Gasteiger charge is 2.49. The van der Waals surface area contributed by atoms with E-state index in [2.05, 4.69) is 31.1 Å². The van der Waals surface area contributed by atoms with E-state index in [-0.39, 0.29) is 17.2 Å². The molecular formula is C27H38F3N3O2. The molecule has 1 aliphatic carbocycles. The summed E-state index contributed by atoms with van der Waals surface area (Å²) in [7, 11) is 0. The lowest BCUT2D eigenvalue weighted by atomic mass is 9.74. The number of hydrogen-bond acceptors (Lipinski definition) is 4. The number of aromatic nitrogens is 1. The minimum absolute atomic E-state index is 0.214. The molecule has 2 fully saturated rings. The molecule has 0 radical (unpaired) electrons. The van der Waals surface area contributed by atoms with Gasteiger partial charge < -0.3 is 15.0 Å². The van der Waals surface area contributed by atoms with Crippen LogP contribution in [-0.2, 0) is 15.7 Å². The molecule has 1 saturated carbocycles. The standard InChI is InChI=1S/C27H38F3N3O2/c1-4-19-17-35-14-10-24(19)32-22-7-11-26(15-22,18(2)3)25(34)33-12-8-20(9-13-33)23-6-5-21(16-31-23)27(28,29)30/h5-6,8,16,18-19,22,24,32H,4,7,9-15,17H2,1-3H3/t19?,22-,24?,26+/m1/s1. The maximum atomic E-state index is 13.8. The van der Waals surface area contributed by atoms with Gasteiger partial charge in [-0.25, -0.2) is 0 Å². The Labute approximate surface area is 206 Å². The average Bonchev–Trinajstić information content (AvgIpc) is 3.29. The molecule has 0 bridgehead atoms. The van der Waals surface area contributed by atoms with E-state index in [9.17, 15) is 18.0 Å². The van der Waals surface area contributed by atoms with Crippen LogP contribution in [0.5, 0.6) is 0 Å². The van der Waals surface area contributed by atoms with Gasteiger partial charge in [0.1, 0.15) is 0 Å². The van der Waals surface area contributed by atoms with Gasteiger partial charge in [-0.15, -0.1) is 0 Å². The average molecular weight is 494 g/mol. The van der Waals surface area contributed by atoms with E-state index in [0.29, 0.717) is 43.2 Å². The molecule has 0 aromatic carbocycles. The molecule has 1 saturated heterocycles. The van der Waals surface area contributed by atoms with Gasteiger partial charge in [-0.3, -0.25) is 9.78 Å². The van der Waals surface area contributed by atoms with Gasteiger partial charge >= 0.3 is 6.18 Å². The fourth-order valence-corrected chi connectivity index (χ4v) is 6.06. The highest BCUT2D eigenvalue weighted by molar-refractivity contribution is 5.84. The van der Waals surface area contributed by atoms with Crippen molar-refractivity contribution in [3.8, 4) is 0 Å². The molecule has 2 aliphatic heterocycles. The van der Waals surface area contributed by atoms with E-state index in [1.54, 1.807) is 0 Å². The molecule has 0 spiro atoms. The lowest BCUT2D eigenvalue weighted by Gasteiger charge is -2.39. The van der Waals surface area contributed by atoms with Crippen molar-refractivity contribution in [3.05, 3.63) is 35.7 Å². The zero-order chi connectivity index (χ0) is 25.2. The van der Waals surface area contributed by atoms with E-state index < -0.39 is 11.7 Å². The van der Waals surface area contributed by atoms with Crippen molar-refractivity contribution in [2.24, 2.45) is 17.3 Å². The third-order valence-electron chi connectivity index (χ3n) is 8.45. The lowest BCUT2D eigenvalue weighted by molar-refractivity contribution is -0.144. The van der Waals surface area contributed by atoms with E-state index in [1.165, 1.54) is 6.07 Å². The Bertz CT molecular complexity index is 915. The lowest BCUT2D eigenvalue weighted by Crippen LogP contribution is -2.49. The normalized spacial score (nSPS) is 30.0. The minimum atomic E-state index is -4.39. The molecule has 194 valence electrons. The second-order valence-electron chi connectivity index (χ2n) is 10.7. The number of rotatable bonds is 6.